The van der Waals surface area contributed by atoms with Crippen molar-refractivity contribution in [1.29, 1.82) is 0 Å². The monoisotopic (exact) mass is 271 g/mol. The molecule has 1 unspecified atom stereocenters. The summed E-state index contributed by atoms with van der Waals surface area (Å²) in [4.78, 5) is 35.1. The van der Waals surface area contributed by atoms with E-state index in [2.05, 4.69) is 5.32 Å². The standard InChI is InChI=1S/C12H21N3O4/c1-12(2,5-3-9(16)17)14-11(19)15-6-4-8(7-15)10(13)18/h8H,3-7H2,1-2H3,(H2,13,18)(H,14,19)(H,16,17). The molecule has 0 saturated carbocycles. The van der Waals surface area contributed by atoms with Gasteiger partial charge in [0.1, 0.15) is 0 Å². The molecule has 1 aliphatic heterocycles. The van der Waals surface area contributed by atoms with Crippen molar-refractivity contribution >= 4 is 17.9 Å². The molecule has 1 atom stereocenters. The highest BCUT2D eigenvalue weighted by molar-refractivity contribution is 5.80. The van der Waals surface area contributed by atoms with Gasteiger partial charge in [-0.2, -0.15) is 0 Å². The number of nitrogens with one attached hydrogen (secondary N) is 1. The zero-order valence-corrected chi connectivity index (χ0v) is 11.3. The van der Waals surface area contributed by atoms with Crippen LogP contribution in [0.1, 0.15) is 33.1 Å². The number of likely N-dealkylation sites (tertiary alicyclic amines) is 1. The number of carboxylic acids is 1. The smallest absolute Gasteiger partial charge is 0.317 e. The Balaban J connectivity index is 2.46. The number of carbonyl (C=O) groups is 3. The van der Waals surface area contributed by atoms with Gasteiger partial charge in [-0.25, -0.2) is 4.79 Å². The molecular formula is C12H21N3O4. The van der Waals surface area contributed by atoms with Gasteiger partial charge in [-0.15, -0.1) is 0 Å². The summed E-state index contributed by atoms with van der Waals surface area (Å²) < 4.78 is 0. The lowest BCUT2D eigenvalue weighted by Crippen LogP contribution is -2.49. The van der Waals surface area contributed by atoms with Gasteiger partial charge in [0.15, 0.2) is 0 Å². The Morgan fingerprint density at radius 3 is 2.53 bits per heavy atom. The first-order chi connectivity index (χ1) is 8.71. The molecule has 1 saturated heterocycles. The van der Waals surface area contributed by atoms with Crippen molar-refractivity contribution in [2.75, 3.05) is 13.1 Å². The quantitative estimate of drug-likeness (QED) is 0.660. The van der Waals surface area contributed by atoms with Gasteiger partial charge in [-0.1, -0.05) is 0 Å². The topological polar surface area (TPSA) is 113 Å². The Bertz CT molecular complexity index is 381. The van der Waals surface area contributed by atoms with Gasteiger partial charge in [0, 0.05) is 25.0 Å². The Morgan fingerprint density at radius 1 is 1.42 bits per heavy atom. The summed E-state index contributed by atoms with van der Waals surface area (Å²) >= 11 is 0. The number of carboxylic acid groups (broad SMARTS) is 1. The predicted octanol–water partition coefficient (Wildman–Crippen LogP) is 0.147. The van der Waals surface area contributed by atoms with Gasteiger partial charge in [0.2, 0.25) is 5.91 Å². The number of nitrogens with zero attached hydrogens (tertiary/aromatic N) is 1. The summed E-state index contributed by atoms with van der Waals surface area (Å²) in [6, 6.07) is -0.279. The molecule has 0 aliphatic carbocycles. The van der Waals surface area contributed by atoms with E-state index >= 15 is 0 Å². The lowest BCUT2D eigenvalue weighted by molar-refractivity contribution is -0.137. The fourth-order valence-corrected chi connectivity index (χ4v) is 2.03. The number of hydrogen-bond donors (Lipinski definition) is 3. The first-order valence-corrected chi connectivity index (χ1v) is 6.29. The third-order valence-electron chi connectivity index (χ3n) is 3.29. The number of amides is 3. The van der Waals surface area contributed by atoms with E-state index < -0.39 is 11.5 Å². The van der Waals surface area contributed by atoms with E-state index in [1.165, 1.54) is 4.90 Å². The first-order valence-electron chi connectivity index (χ1n) is 6.29. The molecule has 0 aromatic heterocycles. The number of carbonyl (C=O) groups excluding carboxylic acids is 2. The van der Waals surface area contributed by atoms with Gasteiger partial charge in [-0.3, -0.25) is 9.59 Å². The molecule has 1 heterocycles. The number of nitrogens with two attached hydrogens (primary N) is 1. The molecule has 1 fully saturated rings. The molecule has 0 aromatic rings. The second-order valence-corrected chi connectivity index (χ2v) is 5.54. The highest BCUT2D eigenvalue weighted by Crippen LogP contribution is 2.17. The van der Waals surface area contributed by atoms with E-state index in [1.54, 1.807) is 13.8 Å². The Kier molecular flexibility index (Phi) is 4.74. The third kappa shape index (κ3) is 4.76. The van der Waals surface area contributed by atoms with E-state index in [1.807, 2.05) is 0 Å². The fraction of sp³-hybridized carbons (Fsp3) is 0.750. The molecule has 3 amide bonds. The van der Waals surface area contributed by atoms with Gasteiger partial charge in [0.05, 0.1) is 5.92 Å². The molecule has 1 rings (SSSR count). The zero-order chi connectivity index (χ0) is 14.6. The molecule has 1 aliphatic rings. The van der Waals surface area contributed by atoms with Crippen molar-refractivity contribution in [2.45, 2.75) is 38.6 Å². The lowest BCUT2D eigenvalue weighted by Gasteiger charge is -2.28. The van der Waals surface area contributed by atoms with Gasteiger partial charge >= 0.3 is 12.0 Å². The zero-order valence-electron chi connectivity index (χ0n) is 11.3. The lowest BCUT2D eigenvalue weighted by atomic mass is 9.99. The van der Waals surface area contributed by atoms with Crippen LogP contribution in [0.4, 0.5) is 4.79 Å². The minimum atomic E-state index is -0.891. The summed E-state index contributed by atoms with van der Waals surface area (Å²) in [6.45, 7) is 4.37. The molecule has 7 heteroatoms. The van der Waals surface area contributed by atoms with Crippen LogP contribution in [0.15, 0.2) is 0 Å². The minimum absolute atomic E-state index is 0.00279. The second-order valence-electron chi connectivity index (χ2n) is 5.54. The average Bonchev–Trinajstić information content (AvgIpc) is 2.75. The largest absolute Gasteiger partial charge is 0.481 e. The maximum absolute atomic E-state index is 12.0. The second kappa shape index (κ2) is 5.90. The SMILES string of the molecule is CC(C)(CCC(=O)O)NC(=O)N1CCC(C(N)=O)C1. The number of urea groups is 1. The van der Waals surface area contributed by atoms with E-state index in [9.17, 15) is 14.4 Å². The minimum Gasteiger partial charge on any atom is -0.481 e. The van der Waals surface area contributed by atoms with Crippen LogP contribution in [0.3, 0.4) is 0 Å². The molecule has 19 heavy (non-hydrogen) atoms. The summed E-state index contributed by atoms with van der Waals surface area (Å²) in [7, 11) is 0. The summed E-state index contributed by atoms with van der Waals surface area (Å²) in [5, 5.41) is 11.4. The van der Waals surface area contributed by atoms with Crippen molar-refractivity contribution in [1.82, 2.24) is 10.2 Å². The molecule has 0 radical (unpaired) electrons. The number of hydrogen-bond acceptors (Lipinski definition) is 3. The molecule has 4 N–H and O–H groups in total. The van der Waals surface area contributed by atoms with Crippen LogP contribution in [-0.2, 0) is 9.59 Å². The Labute approximate surface area is 112 Å². The van der Waals surface area contributed by atoms with Crippen molar-refractivity contribution < 1.29 is 19.5 Å². The number of primary amides is 1. The van der Waals surface area contributed by atoms with Gasteiger partial charge in [-0.05, 0) is 26.7 Å². The maximum Gasteiger partial charge on any atom is 0.317 e. The van der Waals surface area contributed by atoms with E-state index in [4.69, 9.17) is 10.8 Å². The first kappa shape index (κ1) is 15.3. The van der Waals surface area contributed by atoms with Crippen LogP contribution in [0.25, 0.3) is 0 Å². The summed E-state index contributed by atoms with van der Waals surface area (Å²) in [6.07, 6.45) is 0.927. The highest BCUT2D eigenvalue weighted by atomic mass is 16.4. The molecule has 108 valence electrons. The van der Waals surface area contributed by atoms with E-state index in [0.29, 0.717) is 25.9 Å². The highest BCUT2D eigenvalue weighted by Gasteiger charge is 2.32. The summed E-state index contributed by atoms with van der Waals surface area (Å²) in [5.74, 6) is -1.56. The van der Waals surface area contributed by atoms with Crippen LogP contribution in [0.5, 0.6) is 0 Å². The summed E-state index contributed by atoms with van der Waals surface area (Å²) in [5.41, 5.74) is 4.61. The predicted molar refractivity (Wildman–Crippen MR) is 68.4 cm³/mol. The van der Waals surface area contributed by atoms with Crippen LogP contribution < -0.4 is 11.1 Å². The third-order valence-corrected chi connectivity index (χ3v) is 3.29. The van der Waals surface area contributed by atoms with E-state index in [0.717, 1.165) is 0 Å². The van der Waals surface area contributed by atoms with Gasteiger partial charge in [0.25, 0.3) is 0 Å². The molecule has 0 aromatic carbocycles. The van der Waals surface area contributed by atoms with Crippen LogP contribution in [0, 0.1) is 5.92 Å². The number of rotatable bonds is 5. The van der Waals surface area contributed by atoms with Crippen LogP contribution >= 0.6 is 0 Å². The fourth-order valence-electron chi connectivity index (χ4n) is 2.03. The molecule has 0 spiro atoms. The maximum atomic E-state index is 12.0. The average molecular weight is 271 g/mol. The van der Waals surface area contributed by atoms with Crippen molar-refractivity contribution in [3.8, 4) is 0 Å². The molecule has 7 nitrogen and oxygen atoms in total. The van der Waals surface area contributed by atoms with Crippen molar-refractivity contribution in [3.05, 3.63) is 0 Å². The van der Waals surface area contributed by atoms with Crippen LogP contribution in [-0.4, -0.2) is 46.5 Å². The van der Waals surface area contributed by atoms with Crippen molar-refractivity contribution in [2.24, 2.45) is 11.7 Å². The Morgan fingerprint density at radius 2 is 2.05 bits per heavy atom. The van der Waals surface area contributed by atoms with Crippen LogP contribution in [0.2, 0.25) is 0 Å². The Hall–Kier alpha value is -1.79. The van der Waals surface area contributed by atoms with Gasteiger partial charge < -0.3 is 21.1 Å². The molecular weight excluding hydrogens is 250 g/mol. The van der Waals surface area contributed by atoms with Crippen molar-refractivity contribution in [3.63, 3.8) is 0 Å². The molecule has 0 bridgehead atoms. The number of aliphatic carboxylic acids is 1. The van der Waals surface area contributed by atoms with E-state index in [-0.39, 0.29) is 24.3 Å². The normalized spacial score (nSPS) is 19.3.